The number of pyridine rings is 1. The fourth-order valence-corrected chi connectivity index (χ4v) is 2.60. The third kappa shape index (κ3) is 3.24. The van der Waals surface area contributed by atoms with Crippen molar-refractivity contribution in [3.8, 4) is 0 Å². The van der Waals surface area contributed by atoms with Crippen LogP contribution < -0.4 is 5.32 Å². The average Bonchev–Trinajstić information content (AvgIpc) is 3.08. The summed E-state index contributed by atoms with van der Waals surface area (Å²) in [6.07, 6.45) is 5.34. The Morgan fingerprint density at radius 2 is 2.00 bits per heavy atom. The van der Waals surface area contributed by atoms with Crippen LogP contribution >= 0.6 is 0 Å². The summed E-state index contributed by atoms with van der Waals surface area (Å²) in [7, 11) is 0. The van der Waals surface area contributed by atoms with E-state index in [1.807, 2.05) is 4.90 Å². The van der Waals surface area contributed by atoms with Gasteiger partial charge in [-0.1, -0.05) is 18.2 Å². The van der Waals surface area contributed by atoms with Gasteiger partial charge in [-0.25, -0.2) is 4.39 Å². The molecule has 1 aromatic heterocycles. The summed E-state index contributed by atoms with van der Waals surface area (Å²) in [6.45, 7) is 1.98. The summed E-state index contributed by atoms with van der Waals surface area (Å²) >= 11 is 0. The van der Waals surface area contributed by atoms with Gasteiger partial charge in [0.05, 0.1) is 11.3 Å². The Morgan fingerprint density at radius 1 is 1.23 bits per heavy atom. The lowest BCUT2D eigenvalue weighted by Crippen LogP contribution is -2.27. The van der Waals surface area contributed by atoms with E-state index in [9.17, 15) is 9.18 Å². The van der Waals surface area contributed by atoms with E-state index in [4.69, 9.17) is 0 Å². The van der Waals surface area contributed by atoms with Gasteiger partial charge < -0.3 is 10.2 Å². The molecule has 1 fully saturated rings. The molecule has 2 heterocycles. The van der Waals surface area contributed by atoms with Gasteiger partial charge >= 0.3 is 0 Å². The van der Waals surface area contributed by atoms with Crippen molar-refractivity contribution in [3.05, 3.63) is 59.7 Å². The van der Waals surface area contributed by atoms with Crippen LogP contribution in [-0.4, -0.2) is 28.9 Å². The molecule has 0 unspecified atom stereocenters. The number of nitrogens with zero attached hydrogens (tertiary/aromatic N) is 2. The zero-order valence-corrected chi connectivity index (χ0v) is 12.3. The van der Waals surface area contributed by atoms with Crippen LogP contribution in [0.15, 0.2) is 42.7 Å². The number of benzene rings is 1. The average molecular weight is 299 g/mol. The highest BCUT2D eigenvalue weighted by Crippen LogP contribution is 2.16. The smallest absolute Gasteiger partial charge is 0.255 e. The molecule has 0 bridgehead atoms. The third-order valence-electron chi connectivity index (χ3n) is 3.82. The van der Waals surface area contributed by atoms with Crippen molar-refractivity contribution in [2.75, 3.05) is 18.4 Å². The molecular formula is C17H18FN3O. The van der Waals surface area contributed by atoms with E-state index in [1.165, 1.54) is 6.07 Å². The third-order valence-corrected chi connectivity index (χ3v) is 3.82. The predicted molar refractivity (Wildman–Crippen MR) is 83.1 cm³/mol. The molecule has 3 rings (SSSR count). The lowest BCUT2D eigenvalue weighted by atomic mass is 10.2. The minimum atomic E-state index is -0.243. The number of amides is 1. The van der Waals surface area contributed by atoms with Crippen LogP contribution in [-0.2, 0) is 6.54 Å². The van der Waals surface area contributed by atoms with Crippen molar-refractivity contribution >= 4 is 11.6 Å². The summed E-state index contributed by atoms with van der Waals surface area (Å²) < 4.78 is 13.6. The zero-order chi connectivity index (χ0) is 15.4. The standard InChI is InChI=1S/C17H18FN3O/c18-16-6-2-1-5-13(16)11-20-15-9-14(10-19-12-15)17(22)21-7-3-4-8-21/h1-2,5-6,9-10,12,20H,3-4,7-8,11H2. The monoisotopic (exact) mass is 299 g/mol. The van der Waals surface area contributed by atoms with E-state index in [-0.39, 0.29) is 11.7 Å². The molecule has 1 aliphatic rings. The number of hydrogen-bond donors (Lipinski definition) is 1. The number of carbonyl (C=O) groups is 1. The van der Waals surface area contributed by atoms with Crippen LogP contribution in [0.5, 0.6) is 0 Å². The minimum Gasteiger partial charge on any atom is -0.380 e. The van der Waals surface area contributed by atoms with Gasteiger partial charge in [0.1, 0.15) is 5.82 Å². The van der Waals surface area contributed by atoms with Gasteiger partial charge in [-0.15, -0.1) is 0 Å². The Kier molecular flexibility index (Phi) is 4.32. The molecule has 0 atom stereocenters. The lowest BCUT2D eigenvalue weighted by Gasteiger charge is -2.15. The zero-order valence-electron chi connectivity index (χ0n) is 12.3. The number of anilines is 1. The number of rotatable bonds is 4. The maximum Gasteiger partial charge on any atom is 0.255 e. The first kappa shape index (κ1) is 14.5. The molecule has 114 valence electrons. The van der Waals surface area contributed by atoms with Crippen LogP contribution in [0.4, 0.5) is 10.1 Å². The number of halogens is 1. The summed E-state index contributed by atoms with van der Waals surface area (Å²) in [6, 6.07) is 8.40. The van der Waals surface area contributed by atoms with Crippen LogP contribution in [0.2, 0.25) is 0 Å². The second kappa shape index (κ2) is 6.56. The fraction of sp³-hybridized carbons (Fsp3) is 0.294. The van der Waals surface area contributed by atoms with E-state index in [0.717, 1.165) is 25.9 Å². The Balaban J connectivity index is 1.68. The normalized spacial score (nSPS) is 14.1. The highest BCUT2D eigenvalue weighted by molar-refractivity contribution is 5.94. The molecule has 0 aliphatic carbocycles. The van der Waals surface area contributed by atoms with Gasteiger partial charge in [0.2, 0.25) is 0 Å². The molecule has 1 saturated heterocycles. The van der Waals surface area contributed by atoms with E-state index in [1.54, 1.807) is 36.7 Å². The van der Waals surface area contributed by atoms with Crippen LogP contribution in [0.3, 0.4) is 0 Å². The van der Waals surface area contributed by atoms with Crippen molar-refractivity contribution in [2.24, 2.45) is 0 Å². The Bertz CT molecular complexity index is 668. The molecule has 1 aliphatic heterocycles. The second-order valence-corrected chi connectivity index (χ2v) is 5.41. The minimum absolute atomic E-state index is 0.0135. The highest BCUT2D eigenvalue weighted by Gasteiger charge is 2.19. The molecule has 1 N–H and O–H groups in total. The van der Waals surface area contributed by atoms with Crippen LogP contribution in [0.1, 0.15) is 28.8 Å². The number of likely N-dealkylation sites (tertiary alicyclic amines) is 1. The SMILES string of the molecule is O=C(c1cncc(NCc2ccccc2F)c1)N1CCCC1. The van der Waals surface area contributed by atoms with Gasteiger partial charge in [0.15, 0.2) is 0 Å². The summed E-state index contributed by atoms with van der Waals surface area (Å²) in [5, 5.41) is 3.11. The number of aromatic nitrogens is 1. The number of carbonyl (C=O) groups excluding carboxylic acids is 1. The Labute approximate surface area is 129 Å². The fourth-order valence-electron chi connectivity index (χ4n) is 2.60. The topological polar surface area (TPSA) is 45.2 Å². The first-order chi connectivity index (χ1) is 10.7. The predicted octanol–water partition coefficient (Wildman–Crippen LogP) is 3.07. The molecule has 0 spiro atoms. The van der Waals surface area contributed by atoms with Crippen molar-refractivity contribution < 1.29 is 9.18 Å². The summed E-state index contributed by atoms with van der Waals surface area (Å²) in [5.74, 6) is -0.230. The maximum atomic E-state index is 13.6. The first-order valence-corrected chi connectivity index (χ1v) is 7.45. The molecule has 0 radical (unpaired) electrons. The Hall–Kier alpha value is -2.43. The molecule has 1 amide bonds. The molecular weight excluding hydrogens is 281 g/mol. The van der Waals surface area contributed by atoms with Crippen LogP contribution in [0, 0.1) is 5.82 Å². The van der Waals surface area contributed by atoms with Crippen molar-refractivity contribution in [1.29, 1.82) is 0 Å². The van der Waals surface area contributed by atoms with E-state index >= 15 is 0 Å². The first-order valence-electron chi connectivity index (χ1n) is 7.45. The summed E-state index contributed by atoms with van der Waals surface area (Å²) in [5.41, 5.74) is 1.87. The molecule has 22 heavy (non-hydrogen) atoms. The van der Waals surface area contributed by atoms with Gasteiger partial charge in [-0.05, 0) is 25.0 Å². The van der Waals surface area contributed by atoms with Gasteiger partial charge in [-0.2, -0.15) is 0 Å². The van der Waals surface area contributed by atoms with Crippen molar-refractivity contribution in [1.82, 2.24) is 9.88 Å². The van der Waals surface area contributed by atoms with E-state index in [2.05, 4.69) is 10.3 Å². The van der Waals surface area contributed by atoms with Gasteiger partial charge in [0.25, 0.3) is 5.91 Å². The highest BCUT2D eigenvalue weighted by atomic mass is 19.1. The molecule has 1 aromatic carbocycles. The van der Waals surface area contributed by atoms with E-state index in [0.29, 0.717) is 23.4 Å². The molecule has 5 heteroatoms. The number of hydrogen-bond acceptors (Lipinski definition) is 3. The van der Waals surface area contributed by atoms with Crippen molar-refractivity contribution in [3.63, 3.8) is 0 Å². The molecule has 2 aromatic rings. The van der Waals surface area contributed by atoms with Crippen molar-refractivity contribution in [2.45, 2.75) is 19.4 Å². The lowest BCUT2D eigenvalue weighted by molar-refractivity contribution is 0.0792. The molecule has 0 saturated carbocycles. The maximum absolute atomic E-state index is 13.6. The van der Waals surface area contributed by atoms with Gasteiger partial charge in [-0.3, -0.25) is 9.78 Å². The van der Waals surface area contributed by atoms with Gasteiger partial charge in [0, 0.05) is 37.6 Å². The Morgan fingerprint density at radius 3 is 2.77 bits per heavy atom. The quantitative estimate of drug-likeness (QED) is 0.943. The largest absolute Gasteiger partial charge is 0.380 e. The number of nitrogens with one attached hydrogen (secondary N) is 1. The van der Waals surface area contributed by atoms with E-state index < -0.39 is 0 Å². The molecule has 4 nitrogen and oxygen atoms in total. The van der Waals surface area contributed by atoms with Crippen LogP contribution in [0.25, 0.3) is 0 Å². The summed E-state index contributed by atoms with van der Waals surface area (Å²) in [4.78, 5) is 18.3. The second-order valence-electron chi connectivity index (χ2n) is 5.41.